The Labute approximate surface area is 177 Å². The lowest BCUT2D eigenvalue weighted by Gasteiger charge is -2.32. The number of rotatable bonds is 6. The quantitative estimate of drug-likeness (QED) is 0.736. The fraction of sp³-hybridized carbons (Fsp3) is 0.571. The molecular weight excluding hydrogens is 394 g/mol. The second-order valence-electron chi connectivity index (χ2n) is 8.17. The second-order valence-corrected chi connectivity index (χ2v) is 8.58. The molecule has 0 spiro atoms. The summed E-state index contributed by atoms with van der Waals surface area (Å²) in [5.74, 6) is -0.166. The molecule has 1 heterocycles. The van der Waals surface area contributed by atoms with E-state index in [2.05, 4.69) is 10.6 Å². The molecule has 0 aromatic heterocycles. The minimum Gasteiger partial charge on any atom is -0.444 e. The molecule has 1 aromatic carbocycles. The predicted octanol–water partition coefficient (Wildman–Crippen LogP) is 2.90. The van der Waals surface area contributed by atoms with Gasteiger partial charge in [-0.15, -0.1) is 0 Å². The van der Waals surface area contributed by atoms with Crippen molar-refractivity contribution in [2.45, 2.75) is 58.1 Å². The highest BCUT2D eigenvalue weighted by Crippen LogP contribution is 2.18. The monoisotopic (exact) mass is 423 g/mol. The Morgan fingerprint density at radius 1 is 1.17 bits per heavy atom. The van der Waals surface area contributed by atoms with Crippen LogP contribution in [0, 0.1) is 0 Å². The number of carbonyl (C=O) groups is 3. The van der Waals surface area contributed by atoms with E-state index < -0.39 is 11.7 Å². The van der Waals surface area contributed by atoms with Crippen LogP contribution in [0.1, 0.15) is 45.6 Å². The van der Waals surface area contributed by atoms with Crippen LogP contribution >= 0.6 is 11.6 Å². The van der Waals surface area contributed by atoms with E-state index in [1.807, 2.05) is 29.2 Å². The van der Waals surface area contributed by atoms with E-state index in [1.54, 1.807) is 20.8 Å². The Morgan fingerprint density at radius 2 is 1.83 bits per heavy atom. The number of benzene rings is 1. The van der Waals surface area contributed by atoms with Crippen molar-refractivity contribution in [3.63, 3.8) is 0 Å². The summed E-state index contributed by atoms with van der Waals surface area (Å²) in [6.45, 7) is 6.35. The molecule has 0 atom stereocenters. The number of nitrogens with zero attached hydrogens (tertiary/aromatic N) is 1. The summed E-state index contributed by atoms with van der Waals surface area (Å²) >= 11 is 6.14. The van der Waals surface area contributed by atoms with E-state index in [4.69, 9.17) is 16.3 Å². The van der Waals surface area contributed by atoms with Gasteiger partial charge in [-0.05, 0) is 51.7 Å². The fourth-order valence-corrected chi connectivity index (χ4v) is 3.35. The summed E-state index contributed by atoms with van der Waals surface area (Å²) in [7, 11) is 0. The highest BCUT2D eigenvalue weighted by atomic mass is 35.5. The first-order valence-corrected chi connectivity index (χ1v) is 10.3. The second kappa shape index (κ2) is 10.5. The maximum atomic E-state index is 12.4. The van der Waals surface area contributed by atoms with Gasteiger partial charge in [0.1, 0.15) is 12.1 Å². The highest BCUT2D eigenvalue weighted by Gasteiger charge is 2.24. The lowest BCUT2D eigenvalue weighted by Crippen LogP contribution is -2.49. The number of hydrogen-bond donors (Lipinski definition) is 2. The first kappa shape index (κ1) is 23.0. The van der Waals surface area contributed by atoms with E-state index >= 15 is 0 Å². The van der Waals surface area contributed by atoms with E-state index in [9.17, 15) is 14.4 Å². The molecule has 2 N–H and O–H groups in total. The normalized spacial score (nSPS) is 15.0. The van der Waals surface area contributed by atoms with Gasteiger partial charge in [0.2, 0.25) is 11.8 Å². The molecule has 1 aromatic rings. The van der Waals surface area contributed by atoms with Gasteiger partial charge in [0.15, 0.2) is 0 Å². The van der Waals surface area contributed by atoms with E-state index in [-0.39, 0.29) is 24.4 Å². The number of nitrogens with one attached hydrogen (secondary N) is 2. The van der Waals surface area contributed by atoms with Gasteiger partial charge in [0, 0.05) is 30.6 Å². The number of likely N-dealkylation sites (tertiary alicyclic amines) is 1. The van der Waals surface area contributed by atoms with Crippen molar-refractivity contribution in [2.75, 3.05) is 19.6 Å². The van der Waals surface area contributed by atoms with E-state index in [1.165, 1.54) is 0 Å². The molecule has 2 rings (SSSR count). The first-order valence-electron chi connectivity index (χ1n) is 9.91. The topological polar surface area (TPSA) is 87.7 Å². The third-order valence-corrected chi connectivity index (χ3v) is 4.94. The molecule has 0 saturated carbocycles. The smallest absolute Gasteiger partial charge is 0.408 e. The Kier molecular flexibility index (Phi) is 8.32. The number of halogens is 1. The third kappa shape index (κ3) is 8.31. The van der Waals surface area contributed by atoms with Gasteiger partial charge in [0.05, 0.1) is 0 Å². The van der Waals surface area contributed by atoms with Crippen LogP contribution in [0.2, 0.25) is 5.02 Å². The van der Waals surface area contributed by atoms with Crippen LogP contribution in [-0.2, 0) is 20.7 Å². The fourth-order valence-electron chi connectivity index (χ4n) is 3.12. The number of ether oxygens (including phenoxy) is 1. The molecule has 1 fully saturated rings. The van der Waals surface area contributed by atoms with Gasteiger partial charge in [-0.1, -0.05) is 29.8 Å². The zero-order valence-corrected chi connectivity index (χ0v) is 18.1. The van der Waals surface area contributed by atoms with Gasteiger partial charge in [-0.25, -0.2) is 4.79 Å². The SMILES string of the molecule is CC(C)(C)OC(=O)NCC(=O)NC1CCN(C(=O)CCc2ccccc2Cl)CC1. The first-order chi connectivity index (χ1) is 13.6. The molecule has 3 amide bonds. The van der Waals surface area contributed by atoms with E-state index in [0.29, 0.717) is 43.8 Å². The summed E-state index contributed by atoms with van der Waals surface area (Å²) in [5.41, 5.74) is 0.369. The molecule has 7 nitrogen and oxygen atoms in total. The Bertz CT molecular complexity index is 725. The lowest BCUT2D eigenvalue weighted by atomic mass is 10.0. The Balaban J connectivity index is 1.66. The van der Waals surface area contributed by atoms with Crippen LogP contribution in [-0.4, -0.2) is 54.1 Å². The van der Waals surface area contributed by atoms with Gasteiger partial charge in [-0.2, -0.15) is 0 Å². The number of piperidine rings is 1. The molecule has 8 heteroatoms. The van der Waals surface area contributed by atoms with E-state index in [0.717, 1.165) is 5.56 Å². The molecular formula is C21H30ClN3O4. The molecule has 160 valence electrons. The maximum absolute atomic E-state index is 12.4. The highest BCUT2D eigenvalue weighted by molar-refractivity contribution is 6.31. The van der Waals surface area contributed by atoms with Crippen LogP contribution in [0.4, 0.5) is 4.79 Å². The molecule has 0 unspecified atom stereocenters. The van der Waals surface area contributed by atoms with Crippen LogP contribution < -0.4 is 10.6 Å². The predicted molar refractivity (Wildman–Crippen MR) is 112 cm³/mol. The van der Waals surface area contributed by atoms with Gasteiger partial charge >= 0.3 is 6.09 Å². The molecule has 0 aliphatic carbocycles. The zero-order chi connectivity index (χ0) is 21.4. The van der Waals surface area contributed by atoms with Gasteiger partial charge in [0.25, 0.3) is 0 Å². The summed E-state index contributed by atoms with van der Waals surface area (Å²) in [4.78, 5) is 37.9. The van der Waals surface area contributed by atoms with Gasteiger partial charge in [-0.3, -0.25) is 9.59 Å². The van der Waals surface area contributed by atoms with Crippen LogP contribution in [0.25, 0.3) is 0 Å². The molecule has 1 aliphatic rings. The van der Waals surface area contributed by atoms with Crippen molar-refractivity contribution in [3.8, 4) is 0 Å². The van der Waals surface area contributed by atoms with Crippen molar-refractivity contribution in [2.24, 2.45) is 0 Å². The molecule has 0 bridgehead atoms. The molecule has 0 radical (unpaired) electrons. The van der Waals surface area contributed by atoms with Crippen LogP contribution in [0.15, 0.2) is 24.3 Å². The Morgan fingerprint density at radius 3 is 2.45 bits per heavy atom. The summed E-state index contributed by atoms with van der Waals surface area (Å²) < 4.78 is 5.10. The Hall–Kier alpha value is -2.28. The van der Waals surface area contributed by atoms with Gasteiger partial charge < -0.3 is 20.3 Å². The molecule has 1 saturated heterocycles. The number of alkyl carbamates (subject to hydrolysis) is 1. The number of carbonyl (C=O) groups excluding carboxylic acids is 3. The summed E-state index contributed by atoms with van der Waals surface area (Å²) in [6.07, 6.45) is 1.80. The van der Waals surface area contributed by atoms with Crippen molar-refractivity contribution in [1.82, 2.24) is 15.5 Å². The van der Waals surface area contributed by atoms with Crippen LogP contribution in [0.3, 0.4) is 0 Å². The summed E-state index contributed by atoms with van der Waals surface area (Å²) in [5, 5.41) is 6.02. The minimum atomic E-state index is -0.619. The minimum absolute atomic E-state index is 0.00412. The van der Waals surface area contributed by atoms with Crippen molar-refractivity contribution < 1.29 is 19.1 Å². The van der Waals surface area contributed by atoms with Crippen molar-refractivity contribution in [3.05, 3.63) is 34.9 Å². The molecule has 1 aliphatic heterocycles. The third-order valence-electron chi connectivity index (χ3n) is 4.57. The van der Waals surface area contributed by atoms with Crippen LogP contribution in [0.5, 0.6) is 0 Å². The largest absolute Gasteiger partial charge is 0.444 e. The zero-order valence-electron chi connectivity index (χ0n) is 17.3. The number of aryl methyl sites for hydroxylation is 1. The standard InChI is InChI=1S/C21H30ClN3O4/c1-21(2,3)29-20(28)23-14-18(26)24-16-10-12-25(13-11-16)19(27)9-8-15-6-4-5-7-17(15)22/h4-7,16H,8-14H2,1-3H3,(H,23,28)(H,24,26). The average Bonchev–Trinajstić information content (AvgIpc) is 2.65. The lowest BCUT2D eigenvalue weighted by molar-refractivity contribution is -0.132. The average molecular weight is 424 g/mol. The van der Waals surface area contributed by atoms with Crippen molar-refractivity contribution >= 4 is 29.5 Å². The number of hydrogen-bond acceptors (Lipinski definition) is 4. The van der Waals surface area contributed by atoms with Crippen molar-refractivity contribution in [1.29, 1.82) is 0 Å². The number of amides is 3. The molecule has 29 heavy (non-hydrogen) atoms. The summed E-state index contributed by atoms with van der Waals surface area (Å²) in [6, 6.07) is 7.54. The maximum Gasteiger partial charge on any atom is 0.408 e.